The van der Waals surface area contributed by atoms with E-state index < -0.39 is 0 Å². The summed E-state index contributed by atoms with van der Waals surface area (Å²) in [6.07, 6.45) is 0. The summed E-state index contributed by atoms with van der Waals surface area (Å²) in [5, 5.41) is 2.49. The van der Waals surface area contributed by atoms with Gasteiger partial charge in [-0.3, -0.25) is 0 Å². The highest BCUT2D eigenvalue weighted by atomic mass is 79.9. The predicted molar refractivity (Wildman–Crippen MR) is 166 cm³/mol. The predicted octanol–water partition coefficient (Wildman–Crippen LogP) is 10.2. The zero-order valence-electron chi connectivity index (χ0n) is 21.1. The van der Waals surface area contributed by atoms with Crippen LogP contribution in [0.15, 0.2) is 144 Å². The molecule has 39 heavy (non-hydrogen) atoms. The minimum absolute atomic E-state index is 0.868. The molecule has 0 amide bonds. The molecule has 0 radical (unpaired) electrons. The third kappa shape index (κ3) is 4.52. The minimum atomic E-state index is 0.868. The number of hydrogen-bond donors (Lipinski definition) is 0. The Bertz CT molecular complexity index is 1960. The topological polar surface area (TPSA) is 25.8 Å². The monoisotopic (exact) mass is 562 g/mol. The molecule has 0 saturated heterocycles. The molecule has 3 heteroatoms. The molecule has 0 unspecified atom stereocenters. The fourth-order valence-corrected chi connectivity index (χ4v) is 5.71. The first-order valence-corrected chi connectivity index (χ1v) is 13.7. The summed E-state index contributed by atoms with van der Waals surface area (Å²) in [6.45, 7) is 0. The van der Waals surface area contributed by atoms with E-state index >= 15 is 0 Å². The van der Waals surface area contributed by atoms with Crippen molar-refractivity contribution in [1.29, 1.82) is 0 Å². The molecular formula is C36H23BrN2. The first-order valence-electron chi connectivity index (χ1n) is 12.9. The second-order valence-electron chi connectivity index (χ2n) is 9.61. The minimum Gasteiger partial charge on any atom is -0.244 e. The molecule has 0 fully saturated rings. The summed E-state index contributed by atoms with van der Waals surface area (Å²) in [5.41, 5.74) is 10.3. The highest BCUT2D eigenvalue weighted by Crippen LogP contribution is 2.37. The van der Waals surface area contributed by atoms with E-state index in [4.69, 9.17) is 9.97 Å². The smallest absolute Gasteiger partial charge is 0.0973 e. The molecule has 1 heterocycles. The van der Waals surface area contributed by atoms with E-state index in [0.717, 1.165) is 43.6 Å². The largest absolute Gasteiger partial charge is 0.244 e. The summed E-state index contributed by atoms with van der Waals surface area (Å²) in [6, 6.07) is 48.6. The molecule has 6 aromatic carbocycles. The van der Waals surface area contributed by atoms with Gasteiger partial charge in [0.2, 0.25) is 0 Å². The highest BCUT2D eigenvalue weighted by Gasteiger charge is 2.15. The number of benzene rings is 6. The van der Waals surface area contributed by atoms with Gasteiger partial charge in [-0.05, 0) is 57.3 Å². The Morgan fingerprint density at radius 1 is 0.385 bits per heavy atom. The molecule has 0 bridgehead atoms. The Morgan fingerprint density at radius 3 is 1.67 bits per heavy atom. The summed E-state index contributed by atoms with van der Waals surface area (Å²) < 4.78 is 1.03. The van der Waals surface area contributed by atoms with Crippen LogP contribution in [-0.2, 0) is 0 Å². The van der Waals surface area contributed by atoms with Crippen LogP contribution in [0.25, 0.3) is 66.6 Å². The van der Waals surface area contributed by atoms with Gasteiger partial charge in [0.1, 0.15) is 0 Å². The molecule has 1 aromatic heterocycles. The Labute approximate surface area is 235 Å². The normalized spacial score (nSPS) is 11.2. The number of halogens is 1. The molecule has 0 N–H and O–H groups in total. The van der Waals surface area contributed by atoms with Crippen molar-refractivity contribution in [3.63, 3.8) is 0 Å². The van der Waals surface area contributed by atoms with Crippen molar-refractivity contribution in [1.82, 2.24) is 9.97 Å². The Kier molecular flexibility index (Phi) is 5.99. The van der Waals surface area contributed by atoms with Crippen LogP contribution < -0.4 is 0 Å². The van der Waals surface area contributed by atoms with Gasteiger partial charge in [-0.1, -0.05) is 131 Å². The average Bonchev–Trinajstić information content (AvgIpc) is 3.00. The molecule has 0 atom stereocenters. The highest BCUT2D eigenvalue weighted by molar-refractivity contribution is 9.10. The molecule has 7 rings (SSSR count). The van der Waals surface area contributed by atoms with E-state index in [1.807, 2.05) is 30.3 Å². The maximum Gasteiger partial charge on any atom is 0.0973 e. The summed E-state index contributed by atoms with van der Waals surface area (Å²) in [5.74, 6) is 0. The van der Waals surface area contributed by atoms with Crippen molar-refractivity contribution < 1.29 is 0 Å². The molecule has 7 aromatic rings. The molecule has 184 valence electrons. The first kappa shape index (κ1) is 23.5. The second kappa shape index (κ2) is 9.94. The van der Waals surface area contributed by atoms with Gasteiger partial charge in [0, 0.05) is 15.6 Å². The van der Waals surface area contributed by atoms with Crippen LogP contribution >= 0.6 is 15.9 Å². The Balaban J connectivity index is 1.33. The van der Waals surface area contributed by atoms with Gasteiger partial charge < -0.3 is 0 Å². The fourth-order valence-electron chi connectivity index (χ4n) is 5.11. The van der Waals surface area contributed by atoms with Crippen LogP contribution in [0.1, 0.15) is 0 Å². The molecule has 0 aliphatic heterocycles. The van der Waals surface area contributed by atoms with Gasteiger partial charge >= 0.3 is 0 Å². The number of fused-ring (bicyclic) bond motifs is 2. The second-order valence-corrected chi connectivity index (χ2v) is 10.5. The van der Waals surface area contributed by atoms with Crippen LogP contribution in [0.2, 0.25) is 0 Å². The average molecular weight is 563 g/mol. The number of hydrogen-bond acceptors (Lipinski definition) is 2. The lowest BCUT2D eigenvalue weighted by Gasteiger charge is -2.13. The summed E-state index contributed by atoms with van der Waals surface area (Å²) in [7, 11) is 0. The lowest BCUT2D eigenvalue weighted by Crippen LogP contribution is -1.96. The van der Waals surface area contributed by atoms with Gasteiger partial charge in [-0.15, -0.1) is 0 Å². The van der Waals surface area contributed by atoms with Crippen molar-refractivity contribution in [2.45, 2.75) is 0 Å². The van der Waals surface area contributed by atoms with Gasteiger partial charge in [0.15, 0.2) is 0 Å². The Hall–Kier alpha value is -4.60. The first-order chi connectivity index (χ1) is 19.2. The number of rotatable bonds is 4. The van der Waals surface area contributed by atoms with Crippen molar-refractivity contribution in [2.24, 2.45) is 0 Å². The number of para-hydroxylation sites is 2. The maximum absolute atomic E-state index is 5.10. The lowest BCUT2D eigenvalue weighted by molar-refractivity contribution is 1.29. The van der Waals surface area contributed by atoms with E-state index in [2.05, 4.69) is 125 Å². The summed E-state index contributed by atoms with van der Waals surface area (Å²) in [4.78, 5) is 10.2. The van der Waals surface area contributed by atoms with Crippen LogP contribution in [0.5, 0.6) is 0 Å². The Morgan fingerprint density at radius 2 is 0.949 bits per heavy atom. The van der Waals surface area contributed by atoms with E-state index in [9.17, 15) is 0 Å². The zero-order valence-corrected chi connectivity index (χ0v) is 22.6. The van der Waals surface area contributed by atoms with Crippen LogP contribution in [0.3, 0.4) is 0 Å². The van der Waals surface area contributed by atoms with Crippen molar-refractivity contribution >= 4 is 37.7 Å². The molecule has 0 spiro atoms. The molecule has 2 nitrogen and oxygen atoms in total. The SMILES string of the molecule is Brc1cc(-c2nc3ccccc3nc2-c2ccc(-c3ccc4ccccc4c3)cc2)ccc1-c1ccccc1. The third-order valence-electron chi connectivity index (χ3n) is 7.14. The number of nitrogens with zero attached hydrogens (tertiary/aromatic N) is 2. The third-order valence-corrected chi connectivity index (χ3v) is 7.80. The number of aromatic nitrogens is 2. The van der Waals surface area contributed by atoms with Gasteiger partial charge in [0.05, 0.1) is 22.4 Å². The molecule has 0 saturated carbocycles. The van der Waals surface area contributed by atoms with Crippen molar-refractivity contribution in [3.05, 3.63) is 144 Å². The van der Waals surface area contributed by atoms with Gasteiger partial charge in [-0.2, -0.15) is 0 Å². The maximum atomic E-state index is 5.10. The molecular weight excluding hydrogens is 540 g/mol. The zero-order chi connectivity index (χ0) is 26.2. The van der Waals surface area contributed by atoms with Crippen molar-refractivity contribution in [3.8, 4) is 44.8 Å². The molecule has 0 aliphatic carbocycles. The van der Waals surface area contributed by atoms with Crippen LogP contribution in [-0.4, -0.2) is 9.97 Å². The standard InChI is InChI=1S/C36H23BrN2/c37-32-23-30(20-21-31(32)26-9-2-1-3-10-26)36-35(38-33-12-6-7-13-34(33)39-36)27-17-14-25(15-18-27)29-19-16-24-8-4-5-11-28(24)22-29/h1-23H. The van der Waals surface area contributed by atoms with E-state index in [1.165, 1.54) is 27.5 Å². The molecule has 0 aliphatic rings. The van der Waals surface area contributed by atoms with Crippen molar-refractivity contribution in [2.75, 3.05) is 0 Å². The van der Waals surface area contributed by atoms with Gasteiger partial charge in [-0.25, -0.2) is 9.97 Å². The van der Waals surface area contributed by atoms with Gasteiger partial charge in [0.25, 0.3) is 0 Å². The quantitative estimate of drug-likeness (QED) is 0.213. The van der Waals surface area contributed by atoms with E-state index in [-0.39, 0.29) is 0 Å². The lowest BCUT2D eigenvalue weighted by atomic mass is 9.97. The van der Waals surface area contributed by atoms with E-state index in [1.54, 1.807) is 0 Å². The van der Waals surface area contributed by atoms with Crippen LogP contribution in [0, 0.1) is 0 Å². The fraction of sp³-hybridized carbons (Fsp3) is 0. The summed E-state index contributed by atoms with van der Waals surface area (Å²) >= 11 is 3.82. The van der Waals surface area contributed by atoms with Crippen LogP contribution in [0.4, 0.5) is 0 Å². The van der Waals surface area contributed by atoms with E-state index in [0.29, 0.717) is 0 Å².